The maximum Gasteiger partial charge on any atom is 0.120 e. The summed E-state index contributed by atoms with van der Waals surface area (Å²) < 4.78 is 5.23. The zero-order chi connectivity index (χ0) is 10.3. The summed E-state index contributed by atoms with van der Waals surface area (Å²) in [6, 6.07) is 6.37. The second-order valence-electron chi connectivity index (χ2n) is 4.47. The molecule has 0 aromatic heterocycles. The lowest BCUT2D eigenvalue weighted by atomic mass is 9.82. The van der Waals surface area contributed by atoms with Crippen molar-refractivity contribution >= 4 is 5.69 Å². The molecule has 3 rings (SSSR count). The maximum atomic E-state index is 5.23. The van der Waals surface area contributed by atoms with Crippen molar-refractivity contribution in [1.29, 1.82) is 0 Å². The number of fused-ring (bicyclic) bond motifs is 2. The van der Waals surface area contributed by atoms with Crippen LogP contribution < -0.4 is 15.4 Å². The fraction of sp³-hybridized carbons (Fsp3) is 0.500. The lowest BCUT2D eigenvalue weighted by Gasteiger charge is -2.21. The highest BCUT2D eigenvalue weighted by molar-refractivity contribution is 5.63. The Hall–Kier alpha value is -1.22. The van der Waals surface area contributed by atoms with Gasteiger partial charge in [-0.1, -0.05) is 6.07 Å². The number of hydrogen-bond donors (Lipinski definition) is 2. The van der Waals surface area contributed by atoms with Gasteiger partial charge in [-0.2, -0.15) is 0 Å². The van der Waals surface area contributed by atoms with Crippen LogP contribution >= 0.6 is 0 Å². The van der Waals surface area contributed by atoms with Crippen molar-refractivity contribution in [3.63, 3.8) is 0 Å². The van der Waals surface area contributed by atoms with Crippen LogP contribution in [0.5, 0.6) is 5.75 Å². The SMILES string of the molecule is COc1ccc2c(c1)NCC21CCNC1. The Labute approximate surface area is 89.8 Å². The van der Waals surface area contributed by atoms with E-state index >= 15 is 0 Å². The molecule has 0 amide bonds. The molecule has 1 aromatic rings. The topological polar surface area (TPSA) is 33.3 Å². The molecule has 0 saturated carbocycles. The molecule has 0 aliphatic carbocycles. The summed E-state index contributed by atoms with van der Waals surface area (Å²) in [5, 5.41) is 6.94. The Morgan fingerprint density at radius 2 is 2.27 bits per heavy atom. The van der Waals surface area contributed by atoms with Crippen LogP contribution in [-0.2, 0) is 5.41 Å². The largest absolute Gasteiger partial charge is 0.497 e. The highest BCUT2D eigenvalue weighted by Gasteiger charge is 2.41. The van der Waals surface area contributed by atoms with Crippen molar-refractivity contribution < 1.29 is 4.74 Å². The molecular formula is C12H16N2O. The third-order valence-corrected chi connectivity index (χ3v) is 3.66. The minimum absolute atomic E-state index is 0.335. The Morgan fingerprint density at radius 3 is 3.00 bits per heavy atom. The van der Waals surface area contributed by atoms with Crippen LogP contribution in [0.15, 0.2) is 18.2 Å². The number of methoxy groups -OCH3 is 1. The van der Waals surface area contributed by atoms with Gasteiger partial charge < -0.3 is 15.4 Å². The van der Waals surface area contributed by atoms with E-state index in [1.807, 2.05) is 0 Å². The number of benzene rings is 1. The molecule has 0 bridgehead atoms. The molecule has 1 unspecified atom stereocenters. The molecule has 3 heteroatoms. The van der Waals surface area contributed by atoms with Crippen LogP contribution in [0.4, 0.5) is 5.69 Å². The van der Waals surface area contributed by atoms with Gasteiger partial charge >= 0.3 is 0 Å². The van der Waals surface area contributed by atoms with Gasteiger partial charge in [-0.15, -0.1) is 0 Å². The first-order chi connectivity index (χ1) is 7.34. The van der Waals surface area contributed by atoms with E-state index in [-0.39, 0.29) is 0 Å². The molecule has 15 heavy (non-hydrogen) atoms. The first kappa shape index (κ1) is 9.04. The second kappa shape index (κ2) is 3.14. The standard InChI is InChI=1S/C12H16N2O/c1-15-9-2-3-10-11(6-9)14-8-12(10)4-5-13-7-12/h2-3,6,13-14H,4-5,7-8H2,1H3. The molecule has 0 radical (unpaired) electrons. The van der Waals surface area contributed by atoms with E-state index in [4.69, 9.17) is 4.74 Å². The number of hydrogen-bond acceptors (Lipinski definition) is 3. The molecule has 2 aliphatic heterocycles. The average Bonchev–Trinajstić information content (AvgIpc) is 2.88. The van der Waals surface area contributed by atoms with Gasteiger partial charge in [-0.3, -0.25) is 0 Å². The zero-order valence-corrected chi connectivity index (χ0v) is 8.97. The van der Waals surface area contributed by atoms with E-state index in [1.54, 1.807) is 7.11 Å². The number of nitrogens with one attached hydrogen (secondary N) is 2. The fourth-order valence-electron chi connectivity index (χ4n) is 2.74. The van der Waals surface area contributed by atoms with Gasteiger partial charge in [-0.05, 0) is 24.6 Å². The lowest BCUT2D eigenvalue weighted by molar-refractivity contribution is 0.414. The number of rotatable bonds is 1. The van der Waals surface area contributed by atoms with Crippen molar-refractivity contribution in [3.8, 4) is 5.75 Å². The molecular weight excluding hydrogens is 188 g/mol. The smallest absolute Gasteiger partial charge is 0.120 e. The summed E-state index contributed by atoms with van der Waals surface area (Å²) in [6.07, 6.45) is 1.24. The molecule has 80 valence electrons. The van der Waals surface area contributed by atoms with Gasteiger partial charge in [0.25, 0.3) is 0 Å². The van der Waals surface area contributed by atoms with E-state index in [0.717, 1.165) is 25.4 Å². The Balaban J connectivity index is 2.03. The molecule has 2 N–H and O–H groups in total. The zero-order valence-electron chi connectivity index (χ0n) is 8.97. The normalized spacial score (nSPS) is 27.8. The Kier molecular flexibility index (Phi) is 1.89. The molecule has 1 spiro atoms. The van der Waals surface area contributed by atoms with Crippen LogP contribution in [0.2, 0.25) is 0 Å². The van der Waals surface area contributed by atoms with E-state index in [0.29, 0.717) is 5.41 Å². The summed E-state index contributed by atoms with van der Waals surface area (Å²) in [5.74, 6) is 0.934. The maximum absolute atomic E-state index is 5.23. The van der Waals surface area contributed by atoms with Gasteiger partial charge in [-0.25, -0.2) is 0 Å². The highest BCUT2D eigenvalue weighted by atomic mass is 16.5. The van der Waals surface area contributed by atoms with E-state index in [1.165, 1.54) is 17.7 Å². The molecule has 2 aliphatic rings. The first-order valence-corrected chi connectivity index (χ1v) is 5.47. The predicted molar refractivity (Wildman–Crippen MR) is 60.6 cm³/mol. The van der Waals surface area contributed by atoms with Crippen LogP contribution in [0, 0.1) is 0 Å². The predicted octanol–water partition coefficient (Wildman–Crippen LogP) is 1.35. The second-order valence-corrected chi connectivity index (χ2v) is 4.47. The van der Waals surface area contributed by atoms with Crippen LogP contribution in [0.3, 0.4) is 0 Å². The summed E-state index contributed by atoms with van der Waals surface area (Å²) in [6.45, 7) is 3.29. The molecule has 1 atom stereocenters. The number of ether oxygens (including phenoxy) is 1. The van der Waals surface area contributed by atoms with E-state index < -0.39 is 0 Å². The first-order valence-electron chi connectivity index (χ1n) is 5.47. The lowest BCUT2D eigenvalue weighted by Crippen LogP contribution is -2.30. The van der Waals surface area contributed by atoms with Gasteiger partial charge in [0.2, 0.25) is 0 Å². The molecule has 2 heterocycles. The summed E-state index contributed by atoms with van der Waals surface area (Å²) in [4.78, 5) is 0. The summed E-state index contributed by atoms with van der Waals surface area (Å²) in [7, 11) is 1.71. The fourth-order valence-corrected chi connectivity index (χ4v) is 2.74. The van der Waals surface area contributed by atoms with E-state index in [9.17, 15) is 0 Å². The van der Waals surface area contributed by atoms with Crippen molar-refractivity contribution in [2.75, 3.05) is 32.1 Å². The molecule has 1 aromatic carbocycles. The van der Waals surface area contributed by atoms with Crippen molar-refractivity contribution in [2.45, 2.75) is 11.8 Å². The minimum atomic E-state index is 0.335. The highest BCUT2D eigenvalue weighted by Crippen LogP contribution is 2.42. The van der Waals surface area contributed by atoms with Crippen molar-refractivity contribution in [1.82, 2.24) is 5.32 Å². The minimum Gasteiger partial charge on any atom is -0.497 e. The third kappa shape index (κ3) is 1.23. The number of anilines is 1. The molecule has 1 saturated heterocycles. The van der Waals surface area contributed by atoms with Crippen molar-refractivity contribution in [3.05, 3.63) is 23.8 Å². The summed E-state index contributed by atoms with van der Waals surface area (Å²) in [5.41, 5.74) is 3.04. The van der Waals surface area contributed by atoms with Gasteiger partial charge in [0.15, 0.2) is 0 Å². The molecule has 1 fully saturated rings. The molecule has 3 nitrogen and oxygen atoms in total. The van der Waals surface area contributed by atoms with Crippen LogP contribution in [0.25, 0.3) is 0 Å². The van der Waals surface area contributed by atoms with Crippen LogP contribution in [-0.4, -0.2) is 26.7 Å². The summed E-state index contributed by atoms with van der Waals surface area (Å²) >= 11 is 0. The Bertz CT molecular complexity index is 383. The third-order valence-electron chi connectivity index (χ3n) is 3.66. The monoisotopic (exact) mass is 204 g/mol. The average molecular weight is 204 g/mol. The van der Waals surface area contributed by atoms with Gasteiger partial charge in [0.1, 0.15) is 5.75 Å². The van der Waals surface area contributed by atoms with Gasteiger partial charge in [0.05, 0.1) is 7.11 Å². The van der Waals surface area contributed by atoms with Crippen LogP contribution in [0.1, 0.15) is 12.0 Å². The van der Waals surface area contributed by atoms with E-state index in [2.05, 4.69) is 28.8 Å². The quantitative estimate of drug-likeness (QED) is 0.724. The van der Waals surface area contributed by atoms with Gasteiger partial charge in [0, 0.05) is 30.3 Å². The Morgan fingerprint density at radius 1 is 1.33 bits per heavy atom. The van der Waals surface area contributed by atoms with Crippen molar-refractivity contribution in [2.24, 2.45) is 0 Å².